The van der Waals surface area contributed by atoms with E-state index in [1.807, 2.05) is 6.92 Å². The molecule has 0 saturated heterocycles. The maximum absolute atomic E-state index is 13.9. The van der Waals surface area contributed by atoms with Gasteiger partial charge in [0.15, 0.2) is 0 Å². The molecule has 12 heteroatoms. The van der Waals surface area contributed by atoms with E-state index >= 15 is 0 Å². The van der Waals surface area contributed by atoms with Gasteiger partial charge in [-0.1, -0.05) is 61.3 Å². The second-order valence-electron chi connectivity index (χ2n) is 9.28. The van der Waals surface area contributed by atoms with Gasteiger partial charge in [-0.15, -0.1) is 0 Å². The Morgan fingerprint density at radius 2 is 1.73 bits per heavy atom. The van der Waals surface area contributed by atoms with Crippen LogP contribution in [0.3, 0.4) is 0 Å². The molecule has 0 saturated carbocycles. The van der Waals surface area contributed by atoms with Crippen LogP contribution < -0.4 is 10.5 Å². The number of alkyl halides is 3. The van der Waals surface area contributed by atoms with E-state index in [1.165, 1.54) is 42.5 Å². The number of sulfonamides is 1. The van der Waals surface area contributed by atoms with Crippen molar-refractivity contribution in [2.75, 3.05) is 6.61 Å². The van der Waals surface area contributed by atoms with Gasteiger partial charge in [-0.25, -0.2) is 13.4 Å². The average Bonchev–Trinajstić information content (AvgIpc) is 2.93. The summed E-state index contributed by atoms with van der Waals surface area (Å²) in [7, 11) is -4.34. The summed E-state index contributed by atoms with van der Waals surface area (Å²) in [6.45, 7) is 1.77. The number of rotatable bonds is 11. The second kappa shape index (κ2) is 12.5. The average molecular weight is 606 g/mol. The number of pyridine rings is 1. The van der Waals surface area contributed by atoms with Crippen LogP contribution in [0.2, 0.25) is 5.02 Å². The van der Waals surface area contributed by atoms with E-state index in [1.54, 1.807) is 30.3 Å². The molecule has 0 aliphatic rings. The third-order valence-corrected chi connectivity index (χ3v) is 8.39. The molecular weight excluding hydrogens is 579 g/mol. The molecule has 216 valence electrons. The van der Waals surface area contributed by atoms with Gasteiger partial charge < -0.3 is 10.5 Å². The molecule has 1 heterocycles. The Labute approximate surface area is 240 Å². The van der Waals surface area contributed by atoms with Crippen molar-refractivity contribution in [3.8, 4) is 5.75 Å². The Bertz CT molecular complexity index is 1630. The largest absolute Gasteiger partial charge is 0.493 e. The Balaban J connectivity index is 1.85. The molecule has 0 radical (unpaired) electrons. The van der Waals surface area contributed by atoms with Crippen LogP contribution in [0.25, 0.3) is 10.9 Å². The van der Waals surface area contributed by atoms with Crippen molar-refractivity contribution in [3.05, 3.63) is 101 Å². The van der Waals surface area contributed by atoms with E-state index in [4.69, 9.17) is 22.1 Å². The lowest BCUT2D eigenvalue weighted by molar-refractivity contribution is -0.141. The minimum absolute atomic E-state index is 0.0247. The highest BCUT2D eigenvalue weighted by atomic mass is 35.5. The summed E-state index contributed by atoms with van der Waals surface area (Å²) >= 11 is 5.96. The first-order chi connectivity index (χ1) is 19.4. The summed E-state index contributed by atoms with van der Waals surface area (Å²) in [5.41, 5.74) is 5.40. The van der Waals surface area contributed by atoms with E-state index in [9.17, 15) is 26.4 Å². The number of aromatic nitrogens is 1. The summed E-state index contributed by atoms with van der Waals surface area (Å²) in [5.74, 6) is -0.936. The molecule has 0 unspecified atom stereocenters. The lowest BCUT2D eigenvalue weighted by Gasteiger charge is -2.29. The normalized spacial score (nSPS) is 12.9. The number of carbonyl (C=O) groups excluding carboxylic acids is 1. The zero-order chi connectivity index (χ0) is 29.8. The molecule has 1 aromatic heterocycles. The van der Waals surface area contributed by atoms with E-state index in [-0.39, 0.29) is 34.7 Å². The molecule has 1 amide bonds. The monoisotopic (exact) mass is 605 g/mol. The van der Waals surface area contributed by atoms with Crippen molar-refractivity contribution < 1.29 is 31.1 Å². The number of ether oxygens (including phenoxy) is 1. The van der Waals surface area contributed by atoms with E-state index < -0.39 is 33.8 Å². The Morgan fingerprint density at radius 1 is 1.05 bits per heavy atom. The van der Waals surface area contributed by atoms with Gasteiger partial charge in [0.25, 0.3) is 0 Å². The minimum atomic E-state index is -4.69. The van der Waals surface area contributed by atoms with Gasteiger partial charge in [-0.2, -0.15) is 17.5 Å². The number of hydrogen-bond acceptors (Lipinski definition) is 5. The van der Waals surface area contributed by atoms with Crippen molar-refractivity contribution in [1.82, 2.24) is 9.29 Å². The quantitative estimate of drug-likeness (QED) is 0.197. The Kier molecular flexibility index (Phi) is 9.21. The number of hydrogen-bond donors (Lipinski definition) is 1. The third kappa shape index (κ3) is 6.98. The number of nitrogens with zero attached hydrogens (tertiary/aromatic N) is 2. The molecule has 4 rings (SSSR count). The highest BCUT2D eigenvalue weighted by molar-refractivity contribution is 7.89. The van der Waals surface area contributed by atoms with E-state index in [2.05, 4.69) is 4.98 Å². The molecule has 0 spiro atoms. The van der Waals surface area contributed by atoms with Crippen LogP contribution in [-0.4, -0.2) is 30.2 Å². The van der Waals surface area contributed by atoms with Crippen LogP contribution >= 0.6 is 11.6 Å². The van der Waals surface area contributed by atoms with Gasteiger partial charge in [0.05, 0.1) is 17.0 Å². The van der Waals surface area contributed by atoms with Gasteiger partial charge >= 0.3 is 6.18 Å². The lowest BCUT2D eigenvalue weighted by Crippen LogP contribution is -2.41. The number of amides is 1. The van der Waals surface area contributed by atoms with Gasteiger partial charge in [-0.3, -0.25) is 4.79 Å². The SMILES string of the molecule is CCCCOc1cc(C(F)(F)F)nc2ccc(CN([C@@H](C(N)=O)c3ccccc3)S(=O)(=O)c3ccc(Cl)cc3)cc12. The molecule has 0 aliphatic carbocycles. The number of carbonyl (C=O) groups is 1. The highest BCUT2D eigenvalue weighted by Gasteiger charge is 2.37. The van der Waals surface area contributed by atoms with Gasteiger partial charge in [0.1, 0.15) is 17.5 Å². The number of benzene rings is 3. The molecule has 2 N–H and O–H groups in total. The molecule has 1 atom stereocenters. The van der Waals surface area contributed by atoms with Crippen molar-refractivity contribution in [2.24, 2.45) is 5.73 Å². The predicted molar refractivity (Wildman–Crippen MR) is 150 cm³/mol. The van der Waals surface area contributed by atoms with Gasteiger partial charge in [-0.05, 0) is 53.9 Å². The van der Waals surface area contributed by atoms with Crippen molar-refractivity contribution in [2.45, 2.75) is 43.4 Å². The molecule has 0 aliphatic heterocycles. The third-order valence-electron chi connectivity index (χ3n) is 6.31. The highest BCUT2D eigenvalue weighted by Crippen LogP contribution is 2.36. The zero-order valence-electron chi connectivity index (χ0n) is 21.9. The molecule has 0 bridgehead atoms. The topological polar surface area (TPSA) is 103 Å². The molecule has 3 aromatic carbocycles. The second-order valence-corrected chi connectivity index (χ2v) is 11.6. The molecule has 4 aromatic rings. The molecular formula is C29H27ClF3N3O4S. The van der Waals surface area contributed by atoms with Crippen LogP contribution in [0.4, 0.5) is 13.2 Å². The van der Waals surface area contributed by atoms with Crippen molar-refractivity contribution in [1.29, 1.82) is 0 Å². The number of unbranched alkanes of at least 4 members (excludes halogenated alkanes) is 1. The lowest BCUT2D eigenvalue weighted by atomic mass is 10.0. The first-order valence-electron chi connectivity index (χ1n) is 12.7. The maximum Gasteiger partial charge on any atom is 0.433 e. The standard InChI is InChI=1S/C29H27ClF3N3O4S/c1-2-3-15-40-25-17-26(29(31,32)33)35-24-14-9-19(16-23(24)25)18-36(27(28(34)37)20-7-5-4-6-8-20)41(38,39)22-12-10-21(30)11-13-22/h4-14,16-17,27H,2-3,15,18H2,1H3,(H2,34,37)/t27-/m1/s1. The first-order valence-corrected chi connectivity index (χ1v) is 14.5. The smallest absolute Gasteiger partial charge is 0.433 e. The van der Waals surface area contributed by atoms with Crippen molar-refractivity contribution >= 4 is 38.4 Å². The minimum Gasteiger partial charge on any atom is -0.493 e. The van der Waals surface area contributed by atoms with Crippen LogP contribution in [0.5, 0.6) is 5.75 Å². The molecule has 0 fully saturated rings. The van der Waals surface area contributed by atoms with Gasteiger partial charge in [0, 0.05) is 23.0 Å². The van der Waals surface area contributed by atoms with Crippen LogP contribution in [0.1, 0.15) is 42.6 Å². The summed E-state index contributed by atoms with van der Waals surface area (Å²) in [4.78, 5) is 16.4. The summed E-state index contributed by atoms with van der Waals surface area (Å²) in [6.07, 6.45) is -3.30. The Morgan fingerprint density at radius 3 is 2.34 bits per heavy atom. The van der Waals surface area contributed by atoms with Crippen LogP contribution in [0.15, 0.2) is 83.8 Å². The van der Waals surface area contributed by atoms with Crippen molar-refractivity contribution in [3.63, 3.8) is 0 Å². The molecule has 7 nitrogen and oxygen atoms in total. The molecule has 41 heavy (non-hydrogen) atoms. The number of primary amides is 1. The number of halogens is 4. The predicted octanol–water partition coefficient (Wildman–Crippen LogP) is 6.50. The fourth-order valence-corrected chi connectivity index (χ4v) is 5.98. The number of nitrogens with two attached hydrogens (primary N) is 1. The van der Waals surface area contributed by atoms with Crippen LogP contribution in [0, 0.1) is 0 Å². The number of fused-ring (bicyclic) bond motifs is 1. The summed E-state index contributed by atoms with van der Waals surface area (Å²) < 4.78 is 75.1. The van der Waals surface area contributed by atoms with E-state index in [0.29, 0.717) is 22.6 Å². The maximum atomic E-state index is 13.9. The van der Waals surface area contributed by atoms with E-state index in [0.717, 1.165) is 16.8 Å². The van der Waals surface area contributed by atoms with Crippen LogP contribution in [-0.2, 0) is 27.5 Å². The first kappa shape index (κ1) is 30.3. The Hall–Kier alpha value is -3.67. The zero-order valence-corrected chi connectivity index (χ0v) is 23.5. The fourth-order valence-electron chi connectivity index (χ4n) is 4.28. The summed E-state index contributed by atoms with van der Waals surface area (Å²) in [6, 6.07) is 17.4. The summed E-state index contributed by atoms with van der Waals surface area (Å²) in [5, 5.41) is 0.589. The van der Waals surface area contributed by atoms with Gasteiger partial charge in [0.2, 0.25) is 15.9 Å². The fraction of sp³-hybridized carbons (Fsp3) is 0.241.